The third kappa shape index (κ3) is 11.1. The maximum Gasteiger partial charge on any atom is 0.410 e. The molecule has 5 rings (SSSR count). The van der Waals surface area contributed by atoms with E-state index in [4.69, 9.17) is 25.8 Å². The molecule has 1 fully saturated rings. The fourth-order valence-electron chi connectivity index (χ4n) is 6.41. The number of halogens is 1. The van der Waals surface area contributed by atoms with Crippen LogP contribution in [0.4, 0.5) is 15.3 Å². The smallest absolute Gasteiger partial charge is 0.410 e. The van der Waals surface area contributed by atoms with Gasteiger partial charge in [-0.3, -0.25) is 4.79 Å². The number of rotatable bonds is 12. The molecule has 0 spiro atoms. The van der Waals surface area contributed by atoms with Gasteiger partial charge >= 0.3 is 12.2 Å². The average molecular weight is 776 g/mol. The second kappa shape index (κ2) is 17.9. The minimum atomic E-state index is -3.79. The number of carbonyl (C=O) groups excluding carboxylic acids is 3. The molecule has 0 saturated carbocycles. The molecule has 0 aliphatic carbocycles. The van der Waals surface area contributed by atoms with Gasteiger partial charge < -0.3 is 29.7 Å². The summed E-state index contributed by atoms with van der Waals surface area (Å²) in [5, 5.41) is 6.21. The van der Waals surface area contributed by atoms with Gasteiger partial charge in [-0.15, -0.1) is 0 Å². The van der Waals surface area contributed by atoms with Crippen LogP contribution in [0.2, 0.25) is 5.02 Å². The van der Waals surface area contributed by atoms with E-state index in [0.29, 0.717) is 23.6 Å². The average Bonchev–Trinajstić information content (AvgIpc) is 3.14. The zero-order valence-electron chi connectivity index (χ0n) is 30.7. The number of hydrogen-bond acceptors (Lipinski definition) is 8. The van der Waals surface area contributed by atoms with Gasteiger partial charge in [-0.25, -0.2) is 18.0 Å². The topological polar surface area (TPSA) is 140 Å². The van der Waals surface area contributed by atoms with E-state index in [0.717, 1.165) is 16.7 Å². The van der Waals surface area contributed by atoms with Crippen molar-refractivity contribution in [2.24, 2.45) is 0 Å². The first-order valence-electron chi connectivity index (χ1n) is 17.7. The van der Waals surface area contributed by atoms with Crippen LogP contribution in [0.25, 0.3) is 0 Å². The minimum Gasteiger partial charge on any atom is -0.453 e. The Bertz CT molecular complexity index is 1950. The Morgan fingerprint density at radius 2 is 1.43 bits per heavy atom. The molecule has 0 aromatic heterocycles. The van der Waals surface area contributed by atoms with Crippen LogP contribution in [-0.2, 0) is 35.3 Å². The molecule has 286 valence electrons. The zero-order chi connectivity index (χ0) is 38.9. The van der Waals surface area contributed by atoms with Gasteiger partial charge in [0.1, 0.15) is 11.6 Å². The number of aryl methyl sites for hydroxylation is 1. The number of amides is 3. The van der Waals surface area contributed by atoms with Gasteiger partial charge in [0, 0.05) is 16.6 Å². The van der Waals surface area contributed by atoms with Gasteiger partial charge in [0.25, 0.3) is 0 Å². The summed E-state index contributed by atoms with van der Waals surface area (Å²) < 4.78 is 43.7. The standard InChI is InChI=1S/C41H46ClN3O8S/c1-41(2,3)53-40(48)45-25-32(52-33(26-45)27-54(49,50)34-23-20-31(42)21-24-34)22-19-28-13-11-12-18-35(28)43-38(46)37(44-39(47)51-4)36(29-14-7-5-8-15-29)30-16-9-6-10-17-30/h5-18,20-21,23-24,32-33,36-37H,19,22,25-27H2,1-4H3,(H,43,46)(H,44,47)/t32-,33+,37+/m1/s1. The van der Waals surface area contributed by atoms with Crippen molar-refractivity contribution in [3.8, 4) is 0 Å². The van der Waals surface area contributed by atoms with Crippen LogP contribution in [-0.4, -0.2) is 81.2 Å². The lowest BCUT2D eigenvalue weighted by Crippen LogP contribution is -2.53. The maximum atomic E-state index is 14.2. The number of morpholine rings is 1. The highest BCUT2D eigenvalue weighted by Crippen LogP contribution is 2.30. The van der Waals surface area contributed by atoms with E-state index in [1.165, 1.54) is 36.3 Å². The summed E-state index contributed by atoms with van der Waals surface area (Å²) in [6, 6.07) is 31.1. The monoisotopic (exact) mass is 775 g/mol. The Morgan fingerprint density at radius 1 is 0.852 bits per heavy atom. The van der Waals surface area contributed by atoms with Crippen LogP contribution in [0.1, 0.15) is 49.8 Å². The molecule has 13 heteroatoms. The van der Waals surface area contributed by atoms with Crippen molar-refractivity contribution < 1.29 is 37.0 Å². The number of para-hydroxylation sites is 1. The summed E-state index contributed by atoms with van der Waals surface area (Å²) in [6.45, 7) is 5.52. The van der Waals surface area contributed by atoms with Crippen LogP contribution in [0.15, 0.2) is 114 Å². The van der Waals surface area contributed by atoms with E-state index < -0.39 is 57.7 Å². The first-order chi connectivity index (χ1) is 25.7. The molecular formula is C41H46ClN3O8S. The van der Waals surface area contributed by atoms with Gasteiger partial charge in [0.05, 0.1) is 43.1 Å². The number of benzene rings is 4. The Hall–Kier alpha value is -4.91. The molecular weight excluding hydrogens is 730 g/mol. The summed E-state index contributed by atoms with van der Waals surface area (Å²) in [7, 11) is -2.54. The summed E-state index contributed by atoms with van der Waals surface area (Å²) in [4.78, 5) is 41.7. The van der Waals surface area contributed by atoms with Crippen molar-refractivity contribution in [3.05, 3.63) is 131 Å². The number of nitrogens with one attached hydrogen (secondary N) is 2. The second-order valence-electron chi connectivity index (χ2n) is 14.1. The molecule has 1 aliphatic rings. The Balaban J connectivity index is 1.36. The number of methoxy groups -OCH3 is 1. The Morgan fingerprint density at radius 3 is 2.02 bits per heavy atom. The van der Waals surface area contributed by atoms with Gasteiger partial charge in [-0.05, 0) is 80.6 Å². The van der Waals surface area contributed by atoms with Crippen LogP contribution in [0.3, 0.4) is 0 Å². The lowest BCUT2D eigenvalue weighted by atomic mass is 9.84. The third-order valence-electron chi connectivity index (χ3n) is 8.87. The Labute approximate surface area is 321 Å². The third-order valence-corrected chi connectivity index (χ3v) is 10.9. The van der Waals surface area contributed by atoms with E-state index >= 15 is 0 Å². The molecule has 1 aliphatic heterocycles. The minimum absolute atomic E-state index is 0.0312. The van der Waals surface area contributed by atoms with Gasteiger partial charge in [0.2, 0.25) is 5.91 Å². The van der Waals surface area contributed by atoms with E-state index in [9.17, 15) is 22.8 Å². The molecule has 0 unspecified atom stereocenters. The fraction of sp³-hybridized carbons (Fsp3) is 0.341. The number of carbonyl (C=O) groups is 3. The number of nitrogens with zero attached hydrogens (tertiary/aromatic N) is 1. The van der Waals surface area contributed by atoms with E-state index in [-0.39, 0.29) is 23.7 Å². The van der Waals surface area contributed by atoms with Crippen molar-refractivity contribution >= 4 is 45.2 Å². The SMILES string of the molecule is COC(=O)N[C@H](C(=O)Nc1ccccc1CC[C@@H]1CN(C(=O)OC(C)(C)C)C[C@@H](CS(=O)(=O)c2ccc(Cl)cc2)O1)C(c1ccccc1)c1ccccc1. The summed E-state index contributed by atoms with van der Waals surface area (Å²) in [6.07, 6.45) is -1.88. The molecule has 2 N–H and O–H groups in total. The van der Waals surface area contributed by atoms with Crippen LogP contribution in [0, 0.1) is 0 Å². The highest BCUT2D eigenvalue weighted by atomic mass is 35.5. The summed E-state index contributed by atoms with van der Waals surface area (Å²) in [5.41, 5.74) is 2.20. The molecule has 4 aromatic rings. The number of hydrogen-bond donors (Lipinski definition) is 2. The van der Waals surface area contributed by atoms with E-state index in [2.05, 4.69) is 10.6 Å². The van der Waals surface area contributed by atoms with Crippen molar-refractivity contribution in [2.45, 2.75) is 68.3 Å². The fourth-order valence-corrected chi connectivity index (χ4v) is 7.95. The van der Waals surface area contributed by atoms with Gasteiger partial charge in [-0.2, -0.15) is 0 Å². The lowest BCUT2D eigenvalue weighted by molar-refractivity contribution is -0.118. The quantitative estimate of drug-likeness (QED) is 0.154. The maximum absolute atomic E-state index is 14.2. The van der Waals surface area contributed by atoms with Crippen molar-refractivity contribution in [1.82, 2.24) is 10.2 Å². The number of alkyl carbamates (subject to hydrolysis) is 1. The van der Waals surface area contributed by atoms with Crippen molar-refractivity contribution in [2.75, 3.05) is 31.3 Å². The van der Waals surface area contributed by atoms with E-state index in [1.54, 1.807) is 32.9 Å². The highest BCUT2D eigenvalue weighted by Gasteiger charge is 2.36. The van der Waals surface area contributed by atoms with Crippen LogP contribution in [0.5, 0.6) is 0 Å². The molecule has 11 nitrogen and oxygen atoms in total. The zero-order valence-corrected chi connectivity index (χ0v) is 32.3. The number of sulfone groups is 1. The number of anilines is 1. The van der Waals surface area contributed by atoms with E-state index in [1.807, 2.05) is 72.8 Å². The first-order valence-corrected chi connectivity index (χ1v) is 19.7. The lowest BCUT2D eigenvalue weighted by Gasteiger charge is -2.38. The van der Waals surface area contributed by atoms with Gasteiger partial charge in [0.15, 0.2) is 9.84 Å². The molecule has 3 atom stereocenters. The predicted octanol–water partition coefficient (Wildman–Crippen LogP) is 7.25. The van der Waals surface area contributed by atoms with Gasteiger partial charge in [-0.1, -0.05) is 90.5 Å². The van der Waals surface area contributed by atoms with Crippen LogP contribution >= 0.6 is 11.6 Å². The molecule has 0 bridgehead atoms. The molecule has 1 heterocycles. The Kier molecular flexibility index (Phi) is 13.4. The normalized spacial score (nSPS) is 16.7. The molecule has 1 saturated heterocycles. The van der Waals surface area contributed by atoms with Crippen molar-refractivity contribution in [1.29, 1.82) is 0 Å². The van der Waals surface area contributed by atoms with Crippen LogP contribution < -0.4 is 10.6 Å². The van der Waals surface area contributed by atoms with Crippen molar-refractivity contribution in [3.63, 3.8) is 0 Å². The molecule has 4 aromatic carbocycles. The molecule has 3 amide bonds. The molecule has 0 radical (unpaired) electrons. The predicted molar refractivity (Wildman–Crippen MR) is 207 cm³/mol. The largest absolute Gasteiger partial charge is 0.453 e. The highest BCUT2D eigenvalue weighted by molar-refractivity contribution is 7.91. The summed E-state index contributed by atoms with van der Waals surface area (Å²) >= 11 is 5.99. The summed E-state index contributed by atoms with van der Waals surface area (Å²) in [5.74, 6) is -1.35. The second-order valence-corrected chi connectivity index (χ2v) is 16.6. The first kappa shape index (κ1) is 40.3. The molecule has 54 heavy (non-hydrogen) atoms. The number of ether oxygens (including phenoxy) is 3.